The van der Waals surface area contributed by atoms with Crippen molar-refractivity contribution in [2.24, 2.45) is 0 Å². The van der Waals surface area contributed by atoms with Gasteiger partial charge in [0.25, 0.3) is 11.7 Å². The summed E-state index contributed by atoms with van der Waals surface area (Å²) in [7, 11) is 3.79. The Balaban J connectivity index is 2.19. The van der Waals surface area contributed by atoms with Crippen LogP contribution in [0.25, 0.3) is 5.76 Å². The van der Waals surface area contributed by atoms with Gasteiger partial charge in [-0.3, -0.25) is 9.59 Å². The lowest BCUT2D eigenvalue weighted by Crippen LogP contribution is -2.35. The second-order valence-corrected chi connectivity index (χ2v) is 9.46. The van der Waals surface area contributed by atoms with Crippen LogP contribution in [0.3, 0.4) is 0 Å². The van der Waals surface area contributed by atoms with Crippen LogP contribution in [-0.2, 0) is 14.3 Å². The van der Waals surface area contributed by atoms with Gasteiger partial charge < -0.3 is 24.6 Å². The molecule has 35 heavy (non-hydrogen) atoms. The summed E-state index contributed by atoms with van der Waals surface area (Å²) in [5, 5.41) is 11.5. The summed E-state index contributed by atoms with van der Waals surface area (Å²) in [6.07, 6.45) is 0. The molecule has 0 bridgehead atoms. The number of aliphatic hydroxyl groups excluding tert-OH is 1. The third-order valence-corrected chi connectivity index (χ3v) is 6.40. The first-order chi connectivity index (χ1) is 16.5. The van der Waals surface area contributed by atoms with Crippen molar-refractivity contribution in [2.45, 2.75) is 46.6 Å². The molecule has 8 heteroatoms. The average Bonchev–Trinajstić information content (AvgIpc) is 3.24. The minimum absolute atomic E-state index is 0.0201. The van der Waals surface area contributed by atoms with Crippen molar-refractivity contribution in [2.75, 3.05) is 33.8 Å². The SMILES string of the molecule is CCOC(=O)c1[nH]c(C)c(/C(O)=C2\C(=O)C(=O)N(CCN(C)C)C2c2ccc(C(C)C)cc2)c1C. The van der Waals surface area contributed by atoms with Crippen LogP contribution in [0.5, 0.6) is 0 Å². The molecule has 3 rings (SSSR count). The highest BCUT2D eigenvalue weighted by Crippen LogP contribution is 2.41. The monoisotopic (exact) mass is 481 g/mol. The van der Waals surface area contributed by atoms with Crippen molar-refractivity contribution in [3.63, 3.8) is 0 Å². The zero-order valence-electron chi connectivity index (χ0n) is 21.6. The molecule has 2 aromatic rings. The van der Waals surface area contributed by atoms with Gasteiger partial charge in [0.05, 0.1) is 18.2 Å². The molecule has 1 unspecified atom stereocenters. The lowest BCUT2D eigenvalue weighted by atomic mass is 9.92. The molecule has 2 heterocycles. The maximum atomic E-state index is 13.3. The summed E-state index contributed by atoms with van der Waals surface area (Å²) in [6, 6.07) is 7.04. The number of amides is 1. The number of carbonyl (C=O) groups is 3. The van der Waals surface area contributed by atoms with Crippen molar-refractivity contribution in [1.82, 2.24) is 14.8 Å². The van der Waals surface area contributed by atoms with E-state index in [1.54, 1.807) is 20.8 Å². The number of nitrogens with one attached hydrogen (secondary N) is 1. The van der Waals surface area contributed by atoms with Gasteiger partial charge in [-0.25, -0.2) is 4.79 Å². The van der Waals surface area contributed by atoms with Crippen molar-refractivity contribution >= 4 is 23.4 Å². The van der Waals surface area contributed by atoms with Crippen molar-refractivity contribution in [1.29, 1.82) is 0 Å². The number of benzene rings is 1. The minimum atomic E-state index is -0.740. The molecule has 0 spiro atoms. The minimum Gasteiger partial charge on any atom is -0.507 e. The summed E-state index contributed by atoms with van der Waals surface area (Å²) in [5.74, 6) is -1.90. The van der Waals surface area contributed by atoms with Gasteiger partial charge in [0, 0.05) is 24.3 Å². The van der Waals surface area contributed by atoms with Crippen LogP contribution in [0.15, 0.2) is 29.8 Å². The number of ether oxygens (including phenoxy) is 1. The Hall–Kier alpha value is -3.39. The van der Waals surface area contributed by atoms with Gasteiger partial charge >= 0.3 is 5.97 Å². The van der Waals surface area contributed by atoms with Crippen LogP contribution in [0.4, 0.5) is 0 Å². The largest absolute Gasteiger partial charge is 0.507 e. The van der Waals surface area contributed by atoms with E-state index in [0.717, 1.165) is 11.1 Å². The van der Waals surface area contributed by atoms with Crippen molar-refractivity contribution in [3.8, 4) is 0 Å². The number of H-pyrrole nitrogens is 1. The molecule has 1 aliphatic rings. The van der Waals surface area contributed by atoms with Gasteiger partial charge in [0.2, 0.25) is 0 Å². The molecule has 0 radical (unpaired) electrons. The number of hydrogen-bond acceptors (Lipinski definition) is 6. The van der Waals surface area contributed by atoms with Crippen LogP contribution in [0, 0.1) is 13.8 Å². The quantitative estimate of drug-likeness (QED) is 0.256. The Kier molecular flexibility index (Phi) is 7.85. The zero-order chi connectivity index (χ0) is 26.0. The maximum Gasteiger partial charge on any atom is 0.355 e. The van der Waals surface area contributed by atoms with E-state index < -0.39 is 23.7 Å². The molecule has 8 nitrogen and oxygen atoms in total. The van der Waals surface area contributed by atoms with Gasteiger partial charge in [0.1, 0.15) is 11.5 Å². The van der Waals surface area contributed by atoms with E-state index in [2.05, 4.69) is 18.8 Å². The fourth-order valence-electron chi connectivity index (χ4n) is 4.48. The number of aliphatic hydroxyl groups is 1. The third kappa shape index (κ3) is 5.03. The topological polar surface area (TPSA) is 103 Å². The molecule has 188 valence electrons. The molecule has 1 aliphatic heterocycles. The second kappa shape index (κ2) is 10.5. The molecule has 1 aromatic heterocycles. The molecule has 1 saturated heterocycles. The van der Waals surface area contributed by atoms with Gasteiger partial charge in [-0.05, 0) is 57.5 Å². The number of aryl methyl sites for hydroxylation is 1. The fraction of sp³-hybridized carbons (Fsp3) is 0.444. The number of rotatable bonds is 8. The lowest BCUT2D eigenvalue weighted by Gasteiger charge is -2.27. The molecule has 1 aromatic carbocycles. The van der Waals surface area contributed by atoms with E-state index in [0.29, 0.717) is 35.8 Å². The second-order valence-electron chi connectivity index (χ2n) is 9.46. The number of hydrogen-bond donors (Lipinski definition) is 2. The molecule has 0 saturated carbocycles. The highest BCUT2D eigenvalue weighted by molar-refractivity contribution is 6.46. The van der Waals surface area contributed by atoms with E-state index in [1.807, 2.05) is 43.3 Å². The number of nitrogens with zero attached hydrogens (tertiary/aromatic N) is 2. The zero-order valence-corrected chi connectivity index (χ0v) is 21.6. The van der Waals surface area contributed by atoms with Crippen molar-refractivity contribution in [3.05, 3.63) is 63.5 Å². The van der Waals surface area contributed by atoms with Gasteiger partial charge in [-0.15, -0.1) is 0 Å². The summed E-state index contributed by atoms with van der Waals surface area (Å²) in [5.41, 5.74) is 3.42. The van der Waals surface area contributed by atoms with E-state index in [-0.39, 0.29) is 23.6 Å². The Bertz CT molecular complexity index is 1160. The number of esters is 1. The number of aromatic amines is 1. The number of carbonyl (C=O) groups excluding carboxylic acids is 3. The predicted octanol–water partition coefficient (Wildman–Crippen LogP) is 3.91. The summed E-state index contributed by atoms with van der Waals surface area (Å²) < 4.78 is 5.11. The first-order valence-electron chi connectivity index (χ1n) is 11.9. The Morgan fingerprint density at radius 2 is 1.80 bits per heavy atom. The number of likely N-dealkylation sites (tertiary alicyclic amines) is 1. The van der Waals surface area contributed by atoms with E-state index >= 15 is 0 Å². The van der Waals surface area contributed by atoms with E-state index in [4.69, 9.17) is 4.74 Å². The molecule has 0 aliphatic carbocycles. The summed E-state index contributed by atoms with van der Waals surface area (Å²) in [4.78, 5) is 45.2. The summed E-state index contributed by atoms with van der Waals surface area (Å²) >= 11 is 0. The first kappa shape index (κ1) is 26.2. The van der Waals surface area contributed by atoms with Crippen LogP contribution in [0.2, 0.25) is 0 Å². The first-order valence-corrected chi connectivity index (χ1v) is 11.9. The lowest BCUT2D eigenvalue weighted by molar-refractivity contribution is -0.140. The highest BCUT2D eigenvalue weighted by Gasteiger charge is 2.46. The number of aromatic nitrogens is 1. The number of ketones is 1. The highest BCUT2D eigenvalue weighted by atomic mass is 16.5. The number of likely N-dealkylation sites (N-methyl/N-ethyl adjacent to an activating group) is 1. The van der Waals surface area contributed by atoms with E-state index in [9.17, 15) is 19.5 Å². The predicted molar refractivity (Wildman–Crippen MR) is 134 cm³/mol. The van der Waals surface area contributed by atoms with Crippen LogP contribution >= 0.6 is 0 Å². The van der Waals surface area contributed by atoms with Crippen LogP contribution < -0.4 is 0 Å². The Morgan fingerprint density at radius 1 is 1.17 bits per heavy atom. The third-order valence-electron chi connectivity index (χ3n) is 6.40. The normalized spacial score (nSPS) is 17.6. The molecular weight excluding hydrogens is 446 g/mol. The van der Waals surface area contributed by atoms with Crippen LogP contribution in [0.1, 0.15) is 71.2 Å². The van der Waals surface area contributed by atoms with Gasteiger partial charge in [-0.2, -0.15) is 0 Å². The fourth-order valence-corrected chi connectivity index (χ4v) is 4.48. The standard InChI is InChI=1S/C27H35N3O5/c1-8-35-27(34)22-16(4)20(17(5)28-22)24(31)21-23(19-11-9-18(10-12-19)15(2)3)30(14-13-29(6)7)26(33)25(21)32/h9-12,15,23,28,31H,8,13-14H2,1-7H3/b24-21+. The van der Waals surface area contributed by atoms with Crippen molar-refractivity contribution < 1.29 is 24.2 Å². The molecule has 2 N–H and O–H groups in total. The molecular formula is C27H35N3O5. The van der Waals surface area contributed by atoms with Gasteiger partial charge in [-0.1, -0.05) is 38.1 Å². The maximum absolute atomic E-state index is 13.3. The summed E-state index contributed by atoms with van der Waals surface area (Å²) in [6.45, 7) is 10.4. The van der Waals surface area contributed by atoms with Gasteiger partial charge in [0.15, 0.2) is 0 Å². The Morgan fingerprint density at radius 3 is 2.34 bits per heavy atom. The number of Topliss-reactive ketones (excluding diaryl/α,β-unsaturated/α-hetero) is 1. The average molecular weight is 482 g/mol. The molecule has 1 atom stereocenters. The van der Waals surface area contributed by atoms with E-state index in [1.165, 1.54) is 4.90 Å². The smallest absolute Gasteiger partial charge is 0.355 e. The van der Waals surface area contributed by atoms with Crippen LogP contribution in [-0.4, -0.2) is 71.3 Å². The molecule has 1 fully saturated rings. The molecule has 1 amide bonds. The Labute approximate surface area is 206 Å².